The number of carbonyl (C=O) groups is 1. The fraction of sp³-hybridized carbons (Fsp3) is 0.158. The van der Waals surface area contributed by atoms with Gasteiger partial charge in [0, 0.05) is 5.56 Å². The lowest BCUT2D eigenvalue weighted by atomic mass is 10.1. The van der Waals surface area contributed by atoms with E-state index in [1.165, 1.54) is 6.92 Å². The molecule has 4 rings (SSSR count). The number of sulfonamides is 1. The molecule has 3 heterocycles. The molecule has 0 bridgehead atoms. The van der Waals surface area contributed by atoms with Crippen LogP contribution in [0.25, 0.3) is 22.6 Å². The minimum absolute atomic E-state index is 0.0255. The minimum atomic E-state index is -4.54. The van der Waals surface area contributed by atoms with Crippen molar-refractivity contribution in [3.8, 4) is 11.3 Å². The molecule has 0 atom stereocenters. The summed E-state index contributed by atoms with van der Waals surface area (Å²) in [6, 6.07) is 4.69. The third-order valence-corrected chi connectivity index (χ3v) is 7.00. The van der Waals surface area contributed by atoms with Gasteiger partial charge in [-0.25, -0.2) is 36.6 Å². The van der Waals surface area contributed by atoms with Gasteiger partial charge < -0.3 is 15.8 Å². The first-order valence-electron chi connectivity index (χ1n) is 9.39. The summed E-state index contributed by atoms with van der Waals surface area (Å²) >= 11 is 0.764. The number of nitrogens with two attached hydrogens (primary N) is 1. The lowest BCUT2D eigenvalue weighted by Crippen LogP contribution is -2.11. The first-order chi connectivity index (χ1) is 16.6. The van der Waals surface area contributed by atoms with Crippen LogP contribution in [-0.2, 0) is 16.2 Å². The van der Waals surface area contributed by atoms with Crippen LogP contribution in [0.15, 0.2) is 40.7 Å². The number of aromatic nitrogens is 4. The number of thiazole rings is 1. The number of aryl methyl sites for hydroxylation is 1. The van der Waals surface area contributed by atoms with Crippen LogP contribution in [-0.4, -0.2) is 39.1 Å². The Morgan fingerprint density at radius 3 is 2.22 bits per heavy atom. The SMILES string of the molecule is Cc1nc([NH-])sc1S(N)(=O)=O.O=C(O)c1cnn2c(C(F)F)cc(-c3ccc(C(F)(F)F)cc3)nc12. The van der Waals surface area contributed by atoms with Gasteiger partial charge in [-0.1, -0.05) is 12.1 Å². The van der Waals surface area contributed by atoms with Crippen molar-refractivity contribution in [1.82, 2.24) is 19.6 Å². The van der Waals surface area contributed by atoms with Gasteiger partial charge in [0.1, 0.15) is 15.5 Å². The van der Waals surface area contributed by atoms with Crippen molar-refractivity contribution in [1.29, 1.82) is 0 Å². The number of hydrogen-bond donors (Lipinski definition) is 2. The summed E-state index contributed by atoms with van der Waals surface area (Å²) in [6.45, 7) is 1.51. The molecular formula is C19H14F5N6O4S2-. The van der Waals surface area contributed by atoms with Crippen LogP contribution in [0.3, 0.4) is 0 Å². The lowest BCUT2D eigenvalue weighted by Gasteiger charge is -2.10. The third-order valence-electron chi connectivity index (χ3n) is 4.47. The summed E-state index contributed by atoms with van der Waals surface area (Å²) in [5.41, 5.74) is 5.14. The summed E-state index contributed by atoms with van der Waals surface area (Å²) in [5.74, 6) is -1.41. The Morgan fingerprint density at radius 2 is 1.81 bits per heavy atom. The maximum absolute atomic E-state index is 13.2. The first-order valence-corrected chi connectivity index (χ1v) is 11.8. The van der Waals surface area contributed by atoms with E-state index in [0.717, 1.165) is 47.9 Å². The average molecular weight is 549 g/mol. The van der Waals surface area contributed by atoms with Crippen LogP contribution >= 0.6 is 11.3 Å². The summed E-state index contributed by atoms with van der Waals surface area (Å²) in [5, 5.41) is 17.5. The number of carboxylic acids is 1. The number of benzene rings is 1. The largest absolute Gasteiger partial charge is 0.477 e. The van der Waals surface area contributed by atoms with Crippen molar-refractivity contribution < 1.29 is 40.3 Å². The van der Waals surface area contributed by atoms with Crippen LogP contribution in [0.2, 0.25) is 0 Å². The van der Waals surface area contributed by atoms with Gasteiger partial charge >= 0.3 is 12.1 Å². The Hall–Kier alpha value is -3.70. The van der Waals surface area contributed by atoms with Crippen molar-refractivity contribution in [2.24, 2.45) is 5.14 Å². The molecule has 0 aliphatic heterocycles. The highest BCUT2D eigenvalue weighted by atomic mass is 32.2. The zero-order valence-corrected chi connectivity index (χ0v) is 19.4. The number of carboxylic acid groups (broad SMARTS) is 1. The highest BCUT2D eigenvalue weighted by molar-refractivity contribution is 7.91. The summed E-state index contributed by atoms with van der Waals surface area (Å²) in [4.78, 5) is 18.7. The van der Waals surface area contributed by atoms with E-state index in [0.29, 0.717) is 10.2 Å². The van der Waals surface area contributed by atoms with E-state index < -0.39 is 45.4 Å². The molecule has 0 aliphatic rings. The number of fused-ring (bicyclic) bond motifs is 1. The monoisotopic (exact) mass is 549 g/mol. The Bertz CT molecular complexity index is 1530. The van der Waals surface area contributed by atoms with Crippen molar-refractivity contribution in [3.05, 3.63) is 64.8 Å². The van der Waals surface area contributed by atoms with Crippen LogP contribution in [0.5, 0.6) is 0 Å². The zero-order valence-electron chi connectivity index (χ0n) is 17.8. The van der Waals surface area contributed by atoms with Gasteiger partial charge in [0.2, 0.25) is 10.0 Å². The molecule has 0 saturated heterocycles. The van der Waals surface area contributed by atoms with Crippen molar-refractivity contribution in [2.75, 3.05) is 0 Å². The molecule has 17 heteroatoms. The van der Waals surface area contributed by atoms with E-state index in [2.05, 4.69) is 15.1 Å². The van der Waals surface area contributed by atoms with Crippen LogP contribution in [0.4, 0.5) is 27.1 Å². The topological polar surface area (TPSA) is 164 Å². The maximum atomic E-state index is 13.2. The van der Waals surface area contributed by atoms with E-state index in [1.807, 2.05) is 0 Å². The molecule has 10 nitrogen and oxygen atoms in total. The van der Waals surface area contributed by atoms with E-state index in [9.17, 15) is 35.2 Å². The van der Waals surface area contributed by atoms with Crippen LogP contribution in [0, 0.1) is 6.92 Å². The molecule has 0 aliphatic carbocycles. The highest BCUT2D eigenvalue weighted by Crippen LogP contribution is 2.32. The minimum Gasteiger partial charge on any atom is -0.477 e. The second-order valence-electron chi connectivity index (χ2n) is 6.98. The van der Waals surface area contributed by atoms with Gasteiger partial charge in [0.15, 0.2) is 5.65 Å². The summed E-state index contributed by atoms with van der Waals surface area (Å²) < 4.78 is 86.4. The Labute approximate surface area is 203 Å². The number of nitrogens with zero attached hydrogens (tertiary/aromatic N) is 4. The molecule has 192 valence electrons. The second kappa shape index (κ2) is 9.75. The molecule has 4 N–H and O–H groups in total. The smallest absolute Gasteiger partial charge is 0.416 e. The first kappa shape index (κ1) is 26.9. The van der Waals surface area contributed by atoms with Gasteiger partial charge in [-0.3, -0.25) is 0 Å². The van der Waals surface area contributed by atoms with Gasteiger partial charge in [0.05, 0.1) is 17.5 Å². The number of hydrogen-bond acceptors (Lipinski definition) is 7. The fourth-order valence-electron chi connectivity index (χ4n) is 2.92. The number of alkyl halides is 5. The Kier molecular flexibility index (Phi) is 7.28. The standard InChI is InChI=1S/C15H8F5N3O2.C4H6N3O2S2/c16-12(17)11-5-10(7-1-3-8(4-2-7)15(18,19)20)22-13-9(14(24)25)6-21-23(11)13;1-2-3(11(6,8)9)10-4(5)7-2/h1-6,12H,(H,24,25);1H3,(H3-,5,6,7,8,9)/q;-1. The Balaban J connectivity index is 0.000000275. The average Bonchev–Trinajstić information content (AvgIpc) is 3.35. The summed E-state index contributed by atoms with van der Waals surface area (Å²) in [7, 11) is -3.68. The predicted molar refractivity (Wildman–Crippen MR) is 118 cm³/mol. The predicted octanol–water partition coefficient (Wildman–Crippen LogP) is 4.83. The van der Waals surface area contributed by atoms with Crippen molar-refractivity contribution in [3.63, 3.8) is 0 Å². The van der Waals surface area contributed by atoms with Crippen LogP contribution < -0.4 is 5.14 Å². The van der Waals surface area contributed by atoms with E-state index in [1.54, 1.807) is 0 Å². The molecule has 0 amide bonds. The van der Waals surface area contributed by atoms with Crippen LogP contribution in [0.1, 0.15) is 33.7 Å². The highest BCUT2D eigenvalue weighted by Gasteiger charge is 2.30. The fourth-order valence-corrected chi connectivity index (χ4v) is 4.63. The van der Waals surface area contributed by atoms with E-state index in [4.69, 9.17) is 16.0 Å². The molecule has 3 aromatic heterocycles. The van der Waals surface area contributed by atoms with Gasteiger partial charge in [-0.05, 0) is 35.9 Å². The van der Waals surface area contributed by atoms with Gasteiger partial charge in [-0.15, -0.1) is 11.3 Å². The zero-order chi connectivity index (χ0) is 27.0. The maximum Gasteiger partial charge on any atom is 0.416 e. The third kappa shape index (κ3) is 5.74. The van der Waals surface area contributed by atoms with Gasteiger partial charge in [0.25, 0.3) is 6.43 Å². The second-order valence-corrected chi connectivity index (χ2v) is 9.73. The summed E-state index contributed by atoms with van der Waals surface area (Å²) in [6.07, 6.45) is -6.64. The number of aromatic carboxylic acids is 1. The normalized spacial score (nSPS) is 12.0. The molecule has 1 aromatic carbocycles. The molecule has 0 spiro atoms. The van der Waals surface area contributed by atoms with Crippen molar-refractivity contribution >= 4 is 38.1 Å². The van der Waals surface area contributed by atoms with Gasteiger partial charge in [-0.2, -0.15) is 18.3 Å². The lowest BCUT2D eigenvalue weighted by molar-refractivity contribution is -0.137. The number of primary sulfonamides is 1. The quantitative estimate of drug-likeness (QED) is 0.344. The Morgan fingerprint density at radius 1 is 1.19 bits per heavy atom. The molecular weight excluding hydrogens is 535 g/mol. The van der Waals surface area contributed by atoms with E-state index >= 15 is 0 Å². The molecule has 0 saturated carbocycles. The molecule has 4 aromatic rings. The molecule has 36 heavy (non-hydrogen) atoms. The molecule has 0 fully saturated rings. The molecule has 0 radical (unpaired) electrons. The van der Waals surface area contributed by atoms with E-state index in [-0.39, 0.29) is 26.2 Å². The number of nitrogens with one attached hydrogen (secondary N) is 1. The number of rotatable bonds is 4. The van der Waals surface area contributed by atoms with Crippen molar-refractivity contribution in [2.45, 2.75) is 23.7 Å². The molecule has 0 unspecified atom stereocenters. The number of halogens is 5.